The van der Waals surface area contributed by atoms with E-state index < -0.39 is 5.41 Å². The third-order valence-electron chi connectivity index (χ3n) is 15.6. The normalized spacial score (nSPS) is 15.0. The van der Waals surface area contributed by atoms with Gasteiger partial charge in [0.1, 0.15) is 0 Å². The van der Waals surface area contributed by atoms with Gasteiger partial charge < -0.3 is 4.90 Å². The molecule has 0 saturated carbocycles. The number of fused-ring (bicyclic) bond motifs is 13. The van der Waals surface area contributed by atoms with Crippen LogP contribution in [0.5, 0.6) is 0 Å². The van der Waals surface area contributed by atoms with E-state index in [0.717, 1.165) is 17.1 Å². The third kappa shape index (κ3) is 5.23. The van der Waals surface area contributed by atoms with Gasteiger partial charge in [-0.25, -0.2) is 0 Å². The summed E-state index contributed by atoms with van der Waals surface area (Å²) in [7, 11) is 0. The molecule has 10 aromatic rings. The minimum absolute atomic E-state index is 0.132. The minimum Gasteiger partial charge on any atom is -0.310 e. The smallest absolute Gasteiger partial charge is 0.0719 e. The van der Waals surface area contributed by atoms with Crippen molar-refractivity contribution in [2.24, 2.45) is 0 Å². The maximum Gasteiger partial charge on any atom is 0.0719 e. The van der Waals surface area contributed by atoms with Gasteiger partial charge in [-0.15, -0.1) is 0 Å². The summed E-state index contributed by atoms with van der Waals surface area (Å²) in [5, 5.41) is 2.44. The van der Waals surface area contributed by atoms with Crippen molar-refractivity contribution in [3.8, 4) is 44.5 Å². The van der Waals surface area contributed by atoms with Crippen molar-refractivity contribution in [1.82, 2.24) is 0 Å². The lowest BCUT2D eigenvalue weighted by Crippen LogP contribution is -2.40. The number of anilines is 3. The molecule has 3 aliphatic rings. The highest BCUT2D eigenvalue weighted by Gasteiger charge is 2.53. The van der Waals surface area contributed by atoms with Crippen LogP contribution in [0, 0.1) is 0 Å². The van der Waals surface area contributed by atoms with E-state index in [0.29, 0.717) is 0 Å². The van der Waals surface area contributed by atoms with Gasteiger partial charge in [0.25, 0.3) is 0 Å². The van der Waals surface area contributed by atoms with Gasteiger partial charge in [0.2, 0.25) is 0 Å². The van der Waals surface area contributed by atoms with Crippen molar-refractivity contribution in [1.29, 1.82) is 0 Å². The Labute approximate surface area is 388 Å². The Balaban J connectivity index is 1.03. The minimum atomic E-state index is -0.454. The van der Waals surface area contributed by atoms with E-state index in [2.05, 4.69) is 257 Å². The van der Waals surface area contributed by atoms with E-state index in [9.17, 15) is 0 Å². The van der Waals surface area contributed by atoms with Crippen LogP contribution in [-0.2, 0) is 16.2 Å². The molecule has 1 heteroatoms. The zero-order valence-electron chi connectivity index (χ0n) is 37.8. The van der Waals surface area contributed by atoms with Gasteiger partial charge in [0, 0.05) is 27.6 Å². The van der Waals surface area contributed by atoms with Gasteiger partial charge in [-0.05, 0) is 125 Å². The summed E-state index contributed by atoms with van der Waals surface area (Å²) in [5.41, 5.74) is 23.9. The van der Waals surface area contributed by atoms with Crippen molar-refractivity contribution < 1.29 is 0 Å². The molecule has 0 N–H and O–H groups in total. The highest BCUT2D eigenvalue weighted by molar-refractivity contribution is 6.09. The van der Waals surface area contributed by atoms with Crippen LogP contribution >= 0.6 is 0 Å². The van der Waals surface area contributed by atoms with Crippen LogP contribution in [0.1, 0.15) is 72.2 Å². The average molecular weight is 844 g/mol. The summed E-state index contributed by atoms with van der Waals surface area (Å²) < 4.78 is 0. The van der Waals surface area contributed by atoms with Gasteiger partial charge in [-0.1, -0.05) is 222 Å². The summed E-state index contributed by atoms with van der Waals surface area (Å²) in [6.07, 6.45) is 0. The van der Waals surface area contributed by atoms with Crippen molar-refractivity contribution in [3.63, 3.8) is 0 Å². The molecule has 0 aliphatic heterocycles. The second kappa shape index (κ2) is 14.1. The van der Waals surface area contributed by atoms with Crippen molar-refractivity contribution in [3.05, 3.63) is 269 Å². The van der Waals surface area contributed by atoms with Crippen molar-refractivity contribution in [2.75, 3.05) is 4.90 Å². The number of nitrogens with zero attached hydrogens (tertiary/aromatic N) is 1. The first-order chi connectivity index (χ1) is 32.3. The van der Waals surface area contributed by atoms with E-state index in [1.165, 1.54) is 99.8 Å². The maximum absolute atomic E-state index is 2.48. The Morgan fingerprint density at radius 1 is 0.288 bits per heavy atom. The van der Waals surface area contributed by atoms with Crippen molar-refractivity contribution >= 4 is 27.8 Å². The Morgan fingerprint density at radius 2 is 0.773 bits per heavy atom. The molecule has 0 heterocycles. The molecular formula is C65H49N. The number of benzene rings is 10. The van der Waals surface area contributed by atoms with Gasteiger partial charge in [0.05, 0.1) is 11.1 Å². The summed E-state index contributed by atoms with van der Waals surface area (Å²) >= 11 is 0. The van der Waals surface area contributed by atoms with E-state index >= 15 is 0 Å². The molecule has 10 aromatic carbocycles. The Morgan fingerprint density at radius 3 is 1.48 bits per heavy atom. The lowest BCUT2D eigenvalue weighted by molar-refractivity contribution is 0.563. The van der Waals surface area contributed by atoms with Crippen LogP contribution < -0.4 is 4.90 Å². The predicted octanol–water partition coefficient (Wildman–Crippen LogP) is 17.0. The standard InChI is InChI=1S/C65H49N/c1-63(2)53-26-12-10-22-48(53)49-38-37-45(41-60(49)63)66(44-35-33-43(34-36-44)42-19-6-5-7-20-42)61-40-39-47(46-21-8-9-23-50(46)61)51-25-18-32-59-62(51)52-24-11-13-27-54(52)65(59)57-30-16-14-28-55(57)64(3,4)56-29-15-17-31-58(56)65/h5-41H,1-4H3. The molecule has 0 atom stereocenters. The van der Waals surface area contributed by atoms with E-state index in [1.807, 2.05) is 0 Å². The summed E-state index contributed by atoms with van der Waals surface area (Å²) in [6.45, 7) is 9.53. The molecule has 3 aliphatic carbocycles. The van der Waals surface area contributed by atoms with E-state index in [1.54, 1.807) is 0 Å². The van der Waals surface area contributed by atoms with Crippen LogP contribution in [0.4, 0.5) is 17.1 Å². The monoisotopic (exact) mass is 843 g/mol. The van der Waals surface area contributed by atoms with Crippen LogP contribution in [0.2, 0.25) is 0 Å². The molecule has 1 spiro atoms. The fourth-order valence-corrected chi connectivity index (χ4v) is 12.5. The Bertz CT molecular complexity index is 3540. The Hall–Kier alpha value is -7.74. The van der Waals surface area contributed by atoms with Gasteiger partial charge in [-0.2, -0.15) is 0 Å². The average Bonchev–Trinajstić information content (AvgIpc) is 3.79. The molecule has 0 unspecified atom stereocenters. The molecular weight excluding hydrogens is 795 g/mol. The van der Waals surface area contributed by atoms with E-state index in [4.69, 9.17) is 0 Å². The summed E-state index contributed by atoms with van der Waals surface area (Å²) in [6, 6.07) is 84.4. The highest BCUT2D eigenvalue weighted by atomic mass is 15.1. The fraction of sp³-hybridized carbons (Fsp3) is 0.108. The molecule has 13 rings (SSSR count). The van der Waals surface area contributed by atoms with Gasteiger partial charge in [-0.3, -0.25) is 0 Å². The fourth-order valence-electron chi connectivity index (χ4n) is 12.5. The molecule has 1 nitrogen and oxygen atoms in total. The first-order valence-electron chi connectivity index (χ1n) is 23.4. The zero-order valence-corrected chi connectivity index (χ0v) is 37.8. The highest BCUT2D eigenvalue weighted by Crippen LogP contribution is 2.63. The zero-order chi connectivity index (χ0) is 44.4. The SMILES string of the molecule is CC1(C)c2ccccc2-c2ccc(N(c3ccc(-c4ccccc4)cc3)c3ccc(-c4cccc5c4-c4ccccc4C54c5ccccc5C(C)(C)c5ccccc54)c4ccccc34)cc21. The number of hydrogen-bond donors (Lipinski definition) is 0. The first-order valence-corrected chi connectivity index (χ1v) is 23.4. The van der Waals surface area contributed by atoms with Crippen LogP contribution in [-0.4, -0.2) is 0 Å². The quantitative estimate of drug-likeness (QED) is 0.167. The molecule has 0 bridgehead atoms. The molecule has 0 saturated heterocycles. The van der Waals surface area contributed by atoms with Crippen LogP contribution in [0.25, 0.3) is 55.3 Å². The van der Waals surface area contributed by atoms with Crippen LogP contribution in [0.3, 0.4) is 0 Å². The van der Waals surface area contributed by atoms with Crippen LogP contribution in [0.15, 0.2) is 224 Å². The Kier molecular flexibility index (Phi) is 8.28. The van der Waals surface area contributed by atoms with Crippen molar-refractivity contribution in [2.45, 2.75) is 43.9 Å². The van der Waals surface area contributed by atoms with Gasteiger partial charge in [0.15, 0.2) is 0 Å². The number of rotatable bonds is 5. The first kappa shape index (κ1) is 38.7. The van der Waals surface area contributed by atoms with Gasteiger partial charge >= 0.3 is 0 Å². The third-order valence-corrected chi connectivity index (χ3v) is 15.6. The largest absolute Gasteiger partial charge is 0.310 e. The molecule has 0 radical (unpaired) electrons. The topological polar surface area (TPSA) is 3.24 Å². The predicted molar refractivity (Wildman–Crippen MR) is 276 cm³/mol. The molecule has 0 aromatic heterocycles. The second-order valence-electron chi connectivity index (χ2n) is 19.6. The molecule has 314 valence electrons. The molecule has 66 heavy (non-hydrogen) atoms. The molecule has 0 amide bonds. The second-order valence-corrected chi connectivity index (χ2v) is 19.6. The summed E-state index contributed by atoms with van der Waals surface area (Å²) in [5.74, 6) is 0. The summed E-state index contributed by atoms with van der Waals surface area (Å²) in [4.78, 5) is 2.48. The number of hydrogen-bond acceptors (Lipinski definition) is 1. The molecule has 0 fully saturated rings. The van der Waals surface area contributed by atoms with E-state index in [-0.39, 0.29) is 10.8 Å². The maximum atomic E-state index is 2.48. The lowest BCUT2D eigenvalue weighted by atomic mass is 9.55. The lowest BCUT2D eigenvalue weighted by Gasteiger charge is -2.46.